The first-order chi connectivity index (χ1) is 10.8. The summed E-state index contributed by atoms with van der Waals surface area (Å²) in [7, 11) is 0. The normalized spacial score (nSPS) is 11.5. The minimum Gasteiger partial charge on any atom is -0.379 e. The van der Waals surface area contributed by atoms with Gasteiger partial charge in [-0.15, -0.1) is 6.58 Å². The summed E-state index contributed by atoms with van der Waals surface area (Å²) in [6, 6.07) is -0.148. The number of hydrogen-bond acceptors (Lipinski definition) is 4. The van der Waals surface area contributed by atoms with E-state index in [1.54, 1.807) is 0 Å². The van der Waals surface area contributed by atoms with Gasteiger partial charge in [-0.1, -0.05) is 33.3 Å². The van der Waals surface area contributed by atoms with Crippen LogP contribution in [0.25, 0.3) is 0 Å². The van der Waals surface area contributed by atoms with Crippen molar-refractivity contribution in [2.24, 2.45) is 11.8 Å². The smallest absolute Gasteiger partial charge is 0.246 e. The molecule has 0 aromatic carbocycles. The van der Waals surface area contributed by atoms with Crippen LogP contribution in [-0.4, -0.2) is 51.6 Å². The monoisotopic (exact) mass is 329 g/mol. The minimum absolute atomic E-state index is 0.0537. The molecule has 0 aliphatic heterocycles. The Hall–Kier alpha value is -0.910. The van der Waals surface area contributed by atoms with Gasteiger partial charge in [-0.2, -0.15) is 0 Å². The van der Waals surface area contributed by atoms with Crippen LogP contribution >= 0.6 is 0 Å². The highest BCUT2D eigenvalue weighted by Gasteiger charge is 2.14. The summed E-state index contributed by atoms with van der Waals surface area (Å²) >= 11 is 0. The van der Waals surface area contributed by atoms with Crippen LogP contribution < -0.4 is 5.32 Å². The van der Waals surface area contributed by atoms with Gasteiger partial charge in [0.2, 0.25) is 5.91 Å². The molecule has 0 radical (unpaired) electrons. The lowest BCUT2D eigenvalue weighted by Gasteiger charge is -2.20. The molecule has 0 bridgehead atoms. The first-order valence-electron chi connectivity index (χ1n) is 8.48. The van der Waals surface area contributed by atoms with Crippen LogP contribution in [0.5, 0.6) is 0 Å². The number of carbonyl (C=O) groups excluding carboxylic acids is 1. The van der Waals surface area contributed by atoms with Crippen LogP contribution in [0.1, 0.15) is 41.0 Å². The number of amides is 1. The van der Waals surface area contributed by atoms with E-state index in [4.69, 9.17) is 14.2 Å². The lowest BCUT2D eigenvalue weighted by Crippen LogP contribution is -2.43. The fourth-order valence-corrected chi connectivity index (χ4v) is 1.70. The standard InChI is InChI=1S/C18H35NO4/c1-14(2)7-8-21-13-18(20)19-17(11-22-9-15(3)4)12-23-10-16(5)6/h15-17H,1,7-13H2,2-6H3,(H,19,20). The predicted molar refractivity (Wildman–Crippen MR) is 93.5 cm³/mol. The molecule has 0 saturated heterocycles. The molecule has 0 atom stereocenters. The summed E-state index contributed by atoms with van der Waals surface area (Å²) in [5.41, 5.74) is 1.05. The third-order valence-electron chi connectivity index (χ3n) is 2.81. The lowest BCUT2D eigenvalue weighted by atomic mass is 10.2. The third-order valence-corrected chi connectivity index (χ3v) is 2.81. The fourth-order valence-electron chi connectivity index (χ4n) is 1.70. The number of carbonyl (C=O) groups is 1. The summed E-state index contributed by atoms with van der Waals surface area (Å²) < 4.78 is 16.6. The van der Waals surface area contributed by atoms with Crippen molar-refractivity contribution < 1.29 is 19.0 Å². The van der Waals surface area contributed by atoms with E-state index in [1.165, 1.54) is 0 Å². The maximum absolute atomic E-state index is 11.9. The van der Waals surface area contributed by atoms with Crippen molar-refractivity contribution in [1.82, 2.24) is 5.32 Å². The van der Waals surface area contributed by atoms with E-state index in [1.807, 2.05) is 6.92 Å². The van der Waals surface area contributed by atoms with Gasteiger partial charge in [0.25, 0.3) is 0 Å². The van der Waals surface area contributed by atoms with Gasteiger partial charge in [0.1, 0.15) is 6.61 Å². The van der Waals surface area contributed by atoms with Gasteiger partial charge in [-0.25, -0.2) is 0 Å². The van der Waals surface area contributed by atoms with Crippen molar-refractivity contribution in [1.29, 1.82) is 0 Å². The van der Waals surface area contributed by atoms with Crippen LogP contribution in [0.3, 0.4) is 0 Å². The van der Waals surface area contributed by atoms with Crippen molar-refractivity contribution in [3.05, 3.63) is 12.2 Å². The molecule has 0 spiro atoms. The second-order valence-electron chi connectivity index (χ2n) is 6.89. The molecule has 136 valence electrons. The van der Waals surface area contributed by atoms with E-state index in [-0.39, 0.29) is 18.6 Å². The molecule has 5 heteroatoms. The Morgan fingerprint density at radius 1 is 0.957 bits per heavy atom. The second kappa shape index (κ2) is 13.5. The van der Waals surface area contributed by atoms with Crippen LogP contribution in [0.2, 0.25) is 0 Å². The van der Waals surface area contributed by atoms with E-state index in [0.29, 0.717) is 44.9 Å². The highest BCUT2D eigenvalue weighted by molar-refractivity contribution is 5.77. The number of ether oxygens (including phenoxy) is 3. The molecule has 0 unspecified atom stereocenters. The zero-order valence-corrected chi connectivity index (χ0v) is 15.5. The Kier molecular flexibility index (Phi) is 13.0. The maximum atomic E-state index is 11.9. The average Bonchev–Trinajstić information content (AvgIpc) is 2.42. The van der Waals surface area contributed by atoms with E-state index in [0.717, 1.165) is 12.0 Å². The first kappa shape index (κ1) is 22.1. The SMILES string of the molecule is C=C(C)CCOCC(=O)NC(COCC(C)C)COCC(C)C. The molecule has 0 rings (SSSR count). The van der Waals surface area contributed by atoms with Crippen molar-refractivity contribution in [3.63, 3.8) is 0 Å². The largest absolute Gasteiger partial charge is 0.379 e. The Bertz CT molecular complexity index is 315. The summed E-state index contributed by atoms with van der Waals surface area (Å²) in [6.07, 6.45) is 0.770. The Morgan fingerprint density at radius 2 is 1.48 bits per heavy atom. The molecule has 1 amide bonds. The van der Waals surface area contributed by atoms with Gasteiger partial charge in [-0.05, 0) is 25.2 Å². The van der Waals surface area contributed by atoms with Crippen LogP contribution in [0, 0.1) is 11.8 Å². The summed E-state index contributed by atoms with van der Waals surface area (Å²) in [5, 5.41) is 2.92. The Labute approximate surface area is 141 Å². The third kappa shape index (κ3) is 15.8. The van der Waals surface area contributed by atoms with Crippen LogP contribution in [-0.2, 0) is 19.0 Å². The van der Waals surface area contributed by atoms with Crippen molar-refractivity contribution >= 4 is 5.91 Å². The first-order valence-corrected chi connectivity index (χ1v) is 8.48. The van der Waals surface area contributed by atoms with Gasteiger partial charge in [-0.3, -0.25) is 4.79 Å². The topological polar surface area (TPSA) is 56.8 Å². The molecule has 0 fully saturated rings. The number of hydrogen-bond donors (Lipinski definition) is 1. The zero-order chi connectivity index (χ0) is 17.7. The van der Waals surface area contributed by atoms with Crippen molar-refractivity contribution in [2.45, 2.75) is 47.1 Å². The van der Waals surface area contributed by atoms with Crippen LogP contribution in [0.4, 0.5) is 0 Å². The highest BCUT2D eigenvalue weighted by Crippen LogP contribution is 1.99. The van der Waals surface area contributed by atoms with Gasteiger partial charge in [0.15, 0.2) is 0 Å². The minimum atomic E-state index is -0.148. The molecule has 0 aromatic rings. The molecule has 23 heavy (non-hydrogen) atoms. The summed E-state index contributed by atoms with van der Waals surface area (Å²) in [4.78, 5) is 11.9. The highest BCUT2D eigenvalue weighted by atomic mass is 16.5. The van der Waals surface area contributed by atoms with Crippen molar-refractivity contribution in [3.8, 4) is 0 Å². The van der Waals surface area contributed by atoms with Crippen LogP contribution in [0.15, 0.2) is 12.2 Å². The Morgan fingerprint density at radius 3 is 1.91 bits per heavy atom. The maximum Gasteiger partial charge on any atom is 0.246 e. The molecular weight excluding hydrogens is 294 g/mol. The molecule has 0 aliphatic carbocycles. The van der Waals surface area contributed by atoms with Gasteiger partial charge in [0.05, 0.1) is 25.9 Å². The fraction of sp³-hybridized carbons (Fsp3) is 0.833. The average molecular weight is 329 g/mol. The van der Waals surface area contributed by atoms with Gasteiger partial charge >= 0.3 is 0 Å². The van der Waals surface area contributed by atoms with Gasteiger partial charge < -0.3 is 19.5 Å². The number of rotatable bonds is 14. The lowest BCUT2D eigenvalue weighted by molar-refractivity contribution is -0.127. The molecule has 5 nitrogen and oxygen atoms in total. The molecule has 0 aromatic heterocycles. The molecule has 0 aliphatic rings. The van der Waals surface area contributed by atoms with Gasteiger partial charge in [0, 0.05) is 13.2 Å². The molecule has 1 N–H and O–H groups in total. The Balaban J connectivity index is 4.09. The number of nitrogens with one attached hydrogen (secondary N) is 1. The quantitative estimate of drug-likeness (QED) is 0.393. The zero-order valence-electron chi connectivity index (χ0n) is 15.5. The second-order valence-corrected chi connectivity index (χ2v) is 6.89. The van der Waals surface area contributed by atoms with E-state index >= 15 is 0 Å². The molecular formula is C18H35NO4. The predicted octanol–water partition coefficient (Wildman–Crippen LogP) is 2.80. The summed E-state index contributed by atoms with van der Waals surface area (Å²) in [5.74, 6) is 0.792. The van der Waals surface area contributed by atoms with E-state index in [2.05, 4.69) is 39.6 Å². The van der Waals surface area contributed by atoms with Crippen molar-refractivity contribution in [2.75, 3.05) is 39.6 Å². The van der Waals surface area contributed by atoms with E-state index < -0.39 is 0 Å². The molecule has 0 heterocycles. The van der Waals surface area contributed by atoms with E-state index in [9.17, 15) is 4.79 Å². The summed E-state index contributed by atoms with van der Waals surface area (Å²) in [6.45, 7) is 16.9. The molecule has 0 saturated carbocycles.